The summed E-state index contributed by atoms with van der Waals surface area (Å²) in [5.41, 5.74) is 3.31. The van der Waals surface area contributed by atoms with Crippen LogP contribution in [0.3, 0.4) is 0 Å². The second-order valence-electron chi connectivity index (χ2n) is 11.2. The van der Waals surface area contributed by atoms with E-state index in [1.807, 2.05) is 0 Å². The average Bonchev–Trinajstić information content (AvgIpc) is 3.31. The van der Waals surface area contributed by atoms with Crippen molar-refractivity contribution in [3.05, 3.63) is 22.8 Å². The quantitative estimate of drug-likeness (QED) is 0.441. The molecule has 0 amide bonds. The van der Waals surface area contributed by atoms with Crippen LogP contribution in [0, 0.1) is 17.8 Å². The number of carbonyl (C=O) groups is 2. The van der Waals surface area contributed by atoms with Gasteiger partial charge in [-0.3, -0.25) is 9.59 Å². The third-order valence-corrected chi connectivity index (χ3v) is 13.0. The van der Waals surface area contributed by atoms with Gasteiger partial charge in [0.2, 0.25) is 0 Å². The van der Waals surface area contributed by atoms with Gasteiger partial charge in [-0.2, -0.15) is 0 Å². The van der Waals surface area contributed by atoms with Gasteiger partial charge in [0.05, 0.1) is 13.2 Å². The Kier molecular flexibility index (Phi) is 6.23. The summed E-state index contributed by atoms with van der Waals surface area (Å²) in [6, 6.07) is 0. The smallest absolute Gasteiger partial charge is 0.192 e. The largest absolute Gasteiger partial charge is 0.416 e. The van der Waals surface area contributed by atoms with Crippen molar-refractivity contribution in [2.75, 3.05) is 19.8 Å². The van der Waals surface area contributed by atoms with E-state index in [1.54, 1.807) is 0 Å². The van der Waals surface area contributed by atoms with Gasteiger partial charge in [0, 0.05) is 25.4 Å². The molecule has 1 heterocycles. The van der Waals surface area contributed by atoms with Crippen LogP contribution in [0.25, 0.3) is 0 Å². The highest BCUT2D eigenvalue weighted by molar-refractivity contribution is 6.74. The Hall–Kier alpha value is -1.08. The number of ketones is 1. The first-order valence-corrected chi connectivity index (χ1v) is 14.8. The maximum absolute atomic E-state index is 12.8. The van der Waals surface area contributed by atoms with Crippen LogP contribution in [0.2, 0.25) is 18.1 Å². The predicted octanol–water partition coefficient (Wildman–Crippen LogP) is 4.97. The van der Waals surface area contributed by atoms with Gasteiger partial charge in [-0.25, -0.2) is 0 Å². The number of Topliss-reactive ketones (excluding diaryl/α,β-unsaturated/α-hetero) is 1. The summed E-state index contributed by atoms with van der Waals surface area (Å²) >= 11 is 0. The lowest BCUT2D eigenvalue weighted by atomic mass is 9.68. The number of aldehydes is 1. The second kappa shape index (κ2) is 8.36. The molecule has 1 saturated carbocycles. The van der Waals surface area contributed by atoms with Crippen molar-refractivity contribution in [3.8, 4) is 0 Å². The number of fused-ring (bicyclic) bond motifs is 1. The van der Waals surface area contributed by atoms with Crippen LogP contribution >= 0.6 is 0 Å². The summed E-state index contributed by atoms with van der Waals surface area (Å²) in [6.45, 7) is 12.9. The highest BCUT2D eigenvalue weighted by Gasteiger charge is 2.46. The molecule has 0 bridgehead atoms. The molecule has 3 aliphatic carbocycles. The molecule has 4 aliphatic rings. The van der Waals surface area contributed by atoms with Gasteiger partial charge in [0.15, 0.2) is 14.1 Å². The molecule has 0 aromatic heterocycles. The molecular formula is C25H38O5Si. The van der Waals surface area contributed by atoms with E-state index in [0.717, 1.165) is 44.0 Å². The Morgan fingerprint density at radius 1 is 1.16 bits per heavy atom. The molecule has 0 N–H and O–H groups in total. The van der Waals surface area contributed by atoms with Crippen molar-refractivity contribution in [3.63, 3.8) is 0 Å². The van der Waals surface area contributed by atoms with Crippen molar-refractivity contribution >= 4 is 20.4 Å². The maximum atomic E-state index is 12.8. The monoisotopic (exact) mass is 446 g/mol. The summed E-state index contributed by atoms with van der Waals surface area (Å²) in [7, 11) is -1.92. The standard InChI is InChI=1S/C25H38O5Si/c1-24(2,3)31(4,5)30-16-22-20(8-9-23(22)27)19-7-6-17-14-25(28-12-13-29-25)11-10-18(17)21(19)15-26/h14-15,19-20,22H,6-13,16H2,1-5H3. The summed E-state index contributed by atoms with van der Waals surface area (Å²) < 4.78 is 18.2. The van der Waals surface area contributed by atoms with Gasteiger partial charge in [-0.15, -0.1) is 0 Å². The fraction of sp³-hybridized carbons (Fsp3) is 0.760. The molecule has 172 valence electrons. The number of carbonyl (C=O) groups excluding carboxylic acids is 2. The third-order valence-electron chi connectivity index (χ3n) is 8.48. The highest BCUT2D eigenvalue weighted by Crippen LogP contribution is 2.49. The zero-order valence-corrected chi connectivity index (χ0v) is 20.8. The first-order valence-electron chi connectivity index (χ1n) is 11.9. The molecule has 1 saturated heterocycles. The average molecular weight is 447 g/mol. The van der Waals surface area contributed by atoms with Crippen LogP contribution in [-0.4, -0.2) is 46.0 Å². The highest BCUT2D eigenvalue weighted by atomic mass is 28.4. The van der Waals surface area contributed by atoms with Crippen LogP contribution in [0.4, 0.5) is 0 Å². The third kappa shape index (κ3) is 4.29. The molecule has 0 aromatic carbocycles. The van der Waals surface area contributed by atoms with Crippen molar-refractivity contribution in [2.45, 2.75) is 83.2 Å². The summed E-state index contributed by atoms with van der Waals surface area (Å²) in [5.74, 6) is 0.0139. The minimum absolute atomic E-state index is 0.0864. The number of hydrogen-bond acceptors (Lipinski definition) is 5. The van der Waals surface area contributed by atoms with E-state index in [2.05, 4.69) is 39.9 Å². The van der Waals surface area contributed by atoms with E-state index in [-0.39, 0.29) is 22.8 Å². The number of ether oxygens (including phenoxy) is 2. The Morgan fingerprint density at radius 2 is 1.87 bits per heavy atom. The van der Waals surface area contributed by atoms with Crippen LogP contribution < -0.4 is 0 Å². The molecule has 5 nitrogen and oxygen atoms in total. The Morgan fingerprint density at radius 3 is 2.52 bits per heavy atom. The van der Waals surface area contributed by atoms with E-state index < -0.39 is 14.1 Å². The van der Waals surface area contributed by atoms with Gasteiger partial charge in [0.1, 0.15) is 12.1 Å². The molecule has 3 unspecified atom stereocenters. The van der Waals surface area contributed by atoms with Crippen molar-refractivity contribution in [2.24, 2.45) is 17.8 Å². The van der Waals surface area contributed by atoms with Gasteiger partial charge in [-0.05, 0) is 78.4 Å². The van der Waals surface area contributed by atoms with E-state index in [1.165, 1.54) is 11.1 Å². The van der Waals surface area contributed by atoms with Gasteiger partial charge >= 0.3 is 0 Å². The zero-order chi connectivity index (χ0) is 22.4. The van der Waals surface area contributed by atoms with Crippen molar-refractivity contribution < 1.29 is 23.5 Å². The molecule has 2 fully saturated rings. The predicted molar refractivity (Wildman–Crippen MR) is 122 cm³/mol. The summed E-state index contributed by atoms with van der Waals surface area (Å²) in [4.78, 5) is 25.1. The molecule has 31 heavy (non-hydrogen) atoms. The lowest BCUT2D eigenvalue weighted by molar-refractivity contribution is -0.123. The molecule has 0 aromatic rings. The molecule has 1 aliphatic heterocycles. The molecule has 1 spiro atoms. The summed E-state index contributed by atoms with van der Waals surface area (Å²) in [6.07, 6.45) is 8.07. The van der Waals surface area contributed by atoms with E-state index in [0.29, 0.717) is 32.0 Å². The van der Waals surface area contributed by atoms with E-state index in [9.17, 15) is 9.59 Å². The van der Waals surface area contributed by atoms with Crippen LogP contribution in [-0.2, 0) is 23.5 Å². The topological polar surface area (TPSA) is 61.8 Å². The van der Waals surface area contributed by atoms with Gasteiger partial charge in [-0.1, -0.05) is 20.8 Å². The SMILES string of the molecule is CC(C)(C)[Si](C)(C)OCC1C(=O)CCC1C1CCC2=CC3(CCC2=C1C=O)OCCO3. The molecule has 3 atom stereocenters. The Labute approximate surface area is 187 Å². The lowest BCUT2D eigenvalue weighted by Crippen LogP contribution is -2.43. The summed E-state index contributed by atoms with van der Waals surface area (Å²) in [5, 5.41) is 0.118. The molecule has 4 rings (SSSR count). The van der Waals surface area contributed by atoms with E-state index >= 15 is 0 Å². The molecular weight excluding hydrogens is 408 g/mol. The van der Waals surface area contributed by atoms with Crippen LogP contribution in [0.5, 0.6) is 0 Å². The van der Waals surface area contributed by atoms with Crippen molar-refractivity contribution in [1.29, 1.82) is 0 Å². The lowest BCUT2D eigenvalue weighted by Gasteiger charge is -2.40. The van der Waals surface area contributed by atoms with Crippen molar-refractivity contribution in [1.82, 2.24) is 0 Å². The van der Waals surface area contributed by atoms with Gasteiger partial charge in [0.25, 0.3) is 0 Å². The van der Waals surface area contributed by atoms with Crippen LogP contribution in [0.15, 0.2) is 22.8 Å². The fourth-order valence-corrected chi connectivity index (χ4v) is 6.61. The maximum Gasteiger partial charge on any atom is 0.192 e. The number of rotatable bonds is 5. The molecule has 6 heteroatoms. The van der Waals surface area contributed by atoms with Crippen LogP contribution in [0.1, 0.15) is 59.3 Å². The number of allylic oxidation sites excluding steroid dienone is 3. The van der Waals surface area contributed by atoms with Gasteiger partial charge < -0.3 is 13.9 Å². The first-order chi connectivity index (χ1) is 14.6. The zero-order valence-electron chi connectivity index (χ0n) is 19.8. The fourth-order valence-electron chi connectivity index (χ4n) is 5.58. The second-order valence-corrected chi connectivity index (χ2v) is 16.0. The molecule has 0 radical (unpaired) electrons. The Balaban J connectivity index is 1.56. The first kappa shape index (κ1) is 23.1. The normalized spacial score (nSPS) is 31.2. The Bertz CT molecular complexity index is 797. The van der Waals surface area contributed by atoms with E-state index in [4.69, 9.17) is 13.9 Å². The number of hydrogen-bond donors (Lipinski definition) is 0. The minimum Gasteiger partial charge on any atom is -0.416 e. The minimum atomic E-state index is -1.92.